The number of carbonyl (C=O) groups is 2. The van der Waals surface area contributed by atoms with Gasteiger partial charge in [0, 0.05) is 12.7 Å². The van der Waals surface area contributed by atoms with Gasteiger partial charge < -0.3 is 9.64 Å². The number of likely N-dealkylation sites (N-methyl/N-ethyl adjacent to an activating group) is 1. The second kappa shape index (κ2) is 6.34. The molecule has 1 heterocycles. The molecular weight excluding hydrogens is 288 g/mol. The first kappa shape index (κ1) is 13.6. The molecule has 1 aromatic rings. The molecule has 0 aliphatic rings. The van der Waals surface area contributed by atoms with Crippen molar-refractivity contribution in [1.82, 2.24) is 9.88 Å². The number of pyridine rings is 1. The lowest BCUT2D eigenvalue weighted by molar-refractivity contribution is -0.141. The molecule has 0 aliphatic heterocycles. The highest BCUT2D eigenvalue weighted by Crippen LogP contribution is 2.14. The van der Waals surface area contributed by atoms with Gasteiger partial charge in [0.15, 0.2) is 0 Å². The van der Waals surface area contributed by atoms with Gasteiger partial charge in [-0.25, -0.2) is 4.98 Å². The minimum atomic E-state index is -0.444. The first-order valence-electron chi connectivity index (χ1n) is 5.06. The van der Waals surface area contributed by atoms with Crippen molar-refractivity contribution in [2.75, 3.05) is 20.2 Å². The fourth-order valence-corrected chi connectivity index (χ4v) is 1.68. The minimum absolute atomic E-state index is 0.0623. The molecule has 0 bridgehead atoms. The Kier molecular flexibility index (Phi) is 5.09. The smallest absolute Gasteiger partial charge is 0.325 e. The molecule has 0 atom stereocenters. The van der Waals surface area contributed by atoms with Gasteiger partial charge in [0.2, 0.25) is 0 Å². The molecule has 0 unspecified atom stereocenters. The summed E-state index contributed by atoms with van der Waals surface area (Å²) in [7, 11) is 1.29. The maximum absolute atomic E-state index is 12.1. The number of amides is 1. The number of methoxy groups -OCH3 is 1. The van der Waals surface area contributed by atoms with Crippen LogP contribution in [0, 0.1) is 0 Å². The van der Waals surface area contributed by atoms with Gasteiger partial charge in [-0.05, 0) is 35.0 Å². The standard InChI is InChI=1S/C11H13BrN2O3/c1-3-14(7-9(15)17-2)11(16)8-5-4-6-13-10(8)12/h4-6H,3,7H2,1-2H3. The fourth-order valence-electron chi connectivity index (χ4n) is 1.26. The number of esters is 1. The first-order valence-corrected chi connectivity index (χ1v) is 5.86. The highest BCUT2D eigenvalue weighted by molar-refractivity contribution is 9.10. The van der Waals surface area contributed by atoms with Gasteiger partial charge in [-0.2, -0.15) is 0 Å². The Morgan fingerprint density at radius 3 is 2.76 bits per heavy atom. The Morgan fingerprint density at radius 1 is 1.53 bits per heavy atom. The maximum Gasteiger partial charge on any atom is 0.325 e. The van der Waals surface area contributed by atoms with E-state index in [2.05, 4.69) is 25.7 Å². The Bertz CT molecular complexity index is 423. The summed E-state index contributed by atoms with van der Waals surface area (Å²) in [5, 5.41) is 0. The average molecular weight is 301 g/mol. The van der Waals surface area contributed by atoms with E-state index in [4.69, 9.17) is 0 Å². The molecule has 0 saturated heterocycles. The Labute approximate surface area is 108 Å². The third-order valence-corrected chi connectivity index (χ3v) is 2.84. The van der Waals surface area contributed by atoms with Crippen molar-refractivity contribution >= 4 is 27.8 Å². The summed E-state index contributed by atoms with van der Waals surface area (Å²) >= 11 is 3.20. The van der Waals surface area contributed by atoms with E-state index in [9.17, 15) is 9.59 Å². The molecule has 1 amide bonds. The summed E-state index contributed by atoms with van der Waals surface area (Å²) < 4.78 is 5.00. The van der Waals surface area contributed by atoms with Crippen LogP contribution in [0.2, 0.25) is 0 Å². The lowest BCUT2D eigenvalue weighted by Crippen LogP contribution is -2.36. The lowest BCUT2D eigenvalue weighted by Gasteiger charge is -2.19. The van der Waals surface area contributed by atoms with Crippen molar-refractivity contribution in [2.24, 2.45) is 0 Å². The van der Waals surface area contributed by atoms with Crippen LogP contribution in [0.5, 0.6) is 0 Å². The quantitative estimate of drug-likeness (QED) is 0.624. The molecule has 0 spiro atoms. The van der Waals surface area contributed by atoms with E-state index in [1.165, 1.54) is 12.0 Å². The van der Waals surface area contributed by atoms with E-state index in [1.807, 2.05) is 0 Å². The predicted octanol–water partition coefficient (Wildman–Crippen LogP) is 1.48. The van der Waals surface area contributed by atoms with Crippen LogP contribution in [0.25, 0.3) is 0 Å². The minimum Gasteiger partial charge on any atom is -0.468 e. The Hall–Kier alpha value is -1.43. The third kappa shape index (κ3) is 3.52. The average Bonchev–Trinajstić information content (AvgIpc) is 2.35. The summed E-state index contributed by atoms with van der Waals surface area (Å²) in [5.41, 5.74) is 0.429. The number of hydrogen-bond donors (Lipinski definition) is 0. The second-order valence-electron chi connectivity index (χ2n) is 3.24. The van der Waals surface area contributed by atoms with Crippen molar-refractivity contribution in [3.05, 3.63) is 28.5 Å². The molecule has 0 aliphatic carbocycles. The SMILES string of the molecule is CCN(CC(=O)OC)C(=O)c1cccnc1Br. The molecule has 0 N–H and O–H groups in total. The Balaban J connectivity index is 2.87. The zero-order valence-electron chi connectivity index (χ0n) is 9.64. The van der Waals surface area contributed by atoms with Gasteiger partial charge in [0.25, 0.3) is 5.91 Å². The summed E-state index contributed by atoms with van der Waals surface area (Å²) in [6.45, 7) is 2.16. The van der Waals surface area contributed by atoms with Crippen LogP contribution in [-0.2, 0) is 9.53 Å². The number of carbonyl (C=O) groups excluding carboxylic acids is 2. The van der Waals surface area contributed by atoms with E-state index in [-0.39, 0.29) is 12.5 Å². The van der Waals surface area contributed by atoms with Crippen LogP contribution in [0.4, 0.5) is 0 Å². The molecule has 6 heteroatoms. The van der Waals surface area contributed by atoms with Crippen molar-refractivity contribution in [1.29, 1.82) is 0 Å². The summed E-state index contributed by atoms with van der Waals surface area (Å²) in [5.74, 6) is -0.696. The van der Waals surface area contributed by atoms with Crippen LogP contribution >= 0.6 is 15.9 Å². The van der Waals surface area contributed by atoms with Gasteiger partial charge in [-0.3, -0.25) is 9.59 Å². The zero-order chi connectivity index (χ0) is 12.8. The molecule has 0 saturated carbocycles. The molecule has 1 rings (SSSR count). The van der Waals surface area contributed by atoms with Crippen molar-refractivity contribution in [2.45, 2.75) is 6.92 Å². The Morgan fingerprint density at radius 2 is 2.24 bits per heavy atom. The number of aromatic nitrogens is 1. The van der Waals surface area contributed by atoms with Crippen molar-refractivity contribution in [3.63, 3.8) is 0 Å². The van der Waals surface area contributed by atoms with Crippen molar-refractivity contribution < 1.29 is 14.3 Å². The molecule has 0 radical (unpaired) electrons. The summed E-state index contributed by atoms with van der Waals surface area (Å²) in [6, 6.07) is 3.32. The monoisotopic (exact) mass is 300 g/mol. The second-order valence-corrected chi connectivity index (χ2v) is 3.99. The fraction of sp³-hybridized carbons (Fsp3) is 0.364. The van der Waals surface area contributed by atoms with Gasteiger partial charge in [0.05, 0.1) is 12.7 Å². The molecule has 0 fully saturated rings. The summed E-state index contributed by atoms with van der Waals surface area (Å²) in [6.07, 6.45) is 1.58. The highest BCUT2D eigenvalue weighted by Gasteiger charge is 2.19. The predicted molar refractivity (Wildman–Crippen MR) is 65.5 cm³/mol. The number of halogens is 1. The first-order chi connectivity index (χ1) is 8.10. The number of hydrogen-bond acceptors (Lipinski definition) is 4. The maximum atomic E-state index is 12.1. The molecule has 1 aromatic heterocycles. The van der Waals surface area contributed by atoms with Crippen LogP contribution in [0.1, 0.15) is 17.3 Å². The highest BCUT2D eigenvalue weighted by atomic mass is 79.9. The van der Waals surface area contributed by atoms with E-state index < -0.39 is 5.97 Å². The van der Waals surface area contributed by atoms with Gasteiger partial charge in [-0.15, -0.1) is 0 Å². The van der Waals surface area contributed by atoms with Crippen LogP contribution < -0.4 is 0 Å². The molecule has 92 valence electrons. The largest absolute Gasteiger partial charge is 0.468 e. The van der Waals surface area contributed by atoms with Crippen LogP contribution in [0.15, 0.2) is 22.9 Å². The zero-order valence-corrected chi connectivity index (χ0v) is 11.2. The normalized spacial score (nSPS) is 9.82. The third-order valence-electron chi connectivity index (χ3n) is 2.21. The van der Waals surface area contributed by atoms with Crippen LogP contribution in [-0.4, -0.2) is 42.0 Å². The number of nitrogens with zero attached hydrogens (tertiary/aromatic N) is 2. The van der Waals surface area contributed by atoms with E-state index in [0.717, 1.165) is 0 Å². The molecule has 17 heavy (non-hydrogen) atoms. The number of rotatable bonds is 4. The summed E-state index contributed by atoms with van der Waals surface area (Å²) in [4.78, 5) is 28.6. The van der Waals surface area contributed by atoms with Crippen LogP contribution in [0.3, 0.4) is 0 Å². The van der Waals surface area contributed by atoms with E-state index in [0.29, 0.717) is 16.7 Å². The van der Waals surface area contributed by atoms with E-state index >= 15 is 0 Å². The molecule has 0 aromatic carbocycles. The molecular formula is C11H13BrN2O3. The van der Waals surface area contributed by atoms with Crippen molar-refractivity contribution in [3.8, 4) is 0 Å². The van der Waals surface area contributed by atoms with E-state index in [1.54, 1.807) is 25.3 Å². The topological polar surface area (TPSA) is 59.5 Å². The number of ether oxygens (including phenoxy) is 1. The lowest BCUT2D eigenvalue weighted by atomic mass is 10.2. The van der Waals surface area contributed by atoms with Gasteiger partial charge >= 0.3 is 5.97 Å². The van der Waals surface area contributed by atoms with Gasteiger partial charge in [0.1, 0.15) is 11.1 Å². The van der Waals surface area contributed by atoms with Gasteiger partial charge in [-0.1, -0.05) is 0 Å². The molecule has 5 nitrogen and oxygen atoms in total.